The molecule has 21 heavy (non-hydrogen) atoms. The second-order valence-electron chi connectivity index (χ2n) is 5.82. The molecule has 3 rings (SSSR count). The maximum Gasteiger partial charge on any atom is 0.231 e. The Bertz CT molecular complexity index is 626. The Balaban J connectivity index is 1.88. The maximum absolute atomic E-state index is 6.27. The minimum Gasteiger partial charge on any atom is -0.339 e. The van der Waals surface area contributed by atoms with E-state index in [0.29, 0.717) is 11.7 Å². The van der Waals surface area contributed by atoms with Crippen LogP contribution in [0.1, 0.15) is 49.5 Å². The van der Waals surface area contributed by atoms with Crippen LogP contribution in [0.2, 0.25) is 0 Å². The van der Waals surface area contributed by atoms with Crippen molar-refractivity contribution in [3.05, 3.63) is 34.1 Å². The summed E-state index contributed by atoms with van der Waals surface area (Å²) >= 11 is 3.47. The summed E-state index contributed by atoms with van der Waals surface area (Å²) in [5, 5.41) is 4.16. The first-order chi connectivity index (χ1) is 10.1. The van der Waals surface area contributed by atoms with E-state index >= 15 is 0 Å². The number of nitrogens with two attached hydrogens (primary N) is 1. The summed E-state index contributed by atoms with van der Waals surface area (Å²) in [6, 6.07) is 6.20. The molecule has 1 aromatic heterocycles. The molecule has 1 fully saturated rings. The predicted octanol–water partition coefficient (Wildman–Crippen LogP) is 4.18. The highest BCUT2D eigenvalue weighted by molar-refractivity contribution is 9.10. The largest absolute Gasteiger partial charge is 0.339 e. The van der Waals surface area contributed by atoms with Crippen LogP contribution in [0.3, 0.4) is 0 Å². The number of benzene rings is 1. The molecule has 1 aromatic carbocycles. The molecule has 112 valence electrons. The second-order valence-corrected chi connectivity index (χ2v) is 6.74. The van der Waals surface area contributed by atoms with Crippen molar-refractivity contribution in [1.29, 1.82) is 0 Å². The van der Waals surface area contributed by atoms with Crippen molar-refractivity contribution < 1.29 is 4.52 Å². The number of aryl methyl sites for hydroxylation is 1. The summed E-state index contributed by atoms with van der Waals surface area (Å²) in [7, 11) is 0. The van der Waals surface area contributed by atoms with Crippen LogP contribution >= 0.6 is 15.9 Å². The zero-order valence-corrected chi connectivity index (χ0v) is 13.8. The Morgan fingerprint density at radius 3 is 2.86 bits per heavy atom. The Labute approximate surface area is 133 Å². The average Bonchev–Trinajstić information content (AvgIpc) is 2.82. The van der Waals surface area contributed by atoms with Crippen molar-refractivity contribution in [2.45, 2.75) is 51.0 Å². The molecule has 4 nitrogen and oxygen atoms in total. The molecule has 1 aliphatic rings. The third-order valence-electron chi connectivity index (χ3n) is 4.26. The predicted molar refractivity (Wildman–Crippen MR) is 86.0 cm³/mol. The smallest absolute Gasteiger partial charge is 0.231 e. The monoisotopic (exact) mass is 349 g/mol. The van der Waals surface area contributed by atoms with Gasteiger partial charge in [-0.15, -0.1) is 0 Å². The molecule has 0 bridgehead atoms. The molecular formula is C16H20BrN3O. The van der Waals surface area contributed by atoms with Crippen LogP contribution in [0.4, 0.5) is 0 Å². The van der Waals surface area contributed by atoms with E-state index in [2.05, 4.69) is 32.1 Å². The normalized spacial score (nSPS) is 23.0. The maximum atomic E-state index is 6.27. The zero-order valence-electron chi connectivity index (χ0n) is 12.2. The highest BCUT2D eigenvalue weighted by Gasteiger charge is 2.27. The van der Waals surface area contributed by atoms with Gasteiger partial charge in [0.1, 0.15) is 0 Å². The van der Waals surface area contributed by atoms with Gasteiger partial charge in [-0.2, -0.15) is 4.98 Å². The molecule has 0 radical (unpaired) electrons. The highest BCUT2D eigenvalue weighted by atomic mass is 79.9. The van der Waals surface area contributed by atoms with Gasteiger partial charge in [-0.05, 0) is 43.5 Å². The molecular weight excluding hydrogens is 330 g/mol. The fourth-order valence-electron chi connectivity index (χ4n) is 3.02. The minimum absolute atomic E-state index is 0.131. The van der Waals surface area contributed by atoms with Crippen LogP contribution in [-0.2, 0) is 0 Å². The van der Waals surface area contributed by atoms with Crippen molar-refractivity contribution in [3.63, 3.8) is 0 Å². The number of rotatable bonds is 2. The van der Waals surface area contributed by atoms with Gasteiger partial charge in [0, 0.05) is 16.1 Å². The van der Waals surface area contributed by atoms with Gasteiger partial charge in [0.25, 0.3) is 0 Å². The molecule has 0 saturated heterocycles. The first-order valence-electron chi connectivity index (χ1n) is 7.51. The van der Waals surface area contributed by atoms with Crippen LogP contribution in [0, 0.1) is 6.92 Å². The van der Waals surface area contributed by atoms with Crippen molar-refractivity contribution in [3.8, 4) is 11.4 Å². The van der Waals surface area contributed by atoms with Crippen LogP contribution < -0.4 is 5.73 Å². The molecule has 1 aliphatic carbocycles. The third kappa shape index (κ3) is 3.19. The molecule has 5 heteroatoms. The summed E-state index contributed by atoms with van der Waals surface area (Å²) < 4.78 is 6.57. The van der Waals surface area contributed by atoms with Crippen LogP contribution in [-0.4, -0.2) is 16.2 Å². The molecule has 1 saturated carbocycles. The highest BCUT2D eigenvalue weighted by Crippen LogP contribution is 2.32. The van der Waals surface area contributed by atoms with Gasteiger partial charge in [0.05, 0.1) is 5.92 Å². The summed E-state index contributed by atoms with van der Waals surface area (Å²) in [5.41, 5.74) is 8.41. The molecule has 2 N–H and O–H groups in total. The second kappa shape index (κ2) is 6.28. The quantitative estimate of drug-likeness (QED) is 0.825. The topological polar surface area (TPSA) is 64.9 Å². The van der Waals surface area contributed by atoms with Gasteiger partial charge in [0.2, 0.25) is 11.7 Å². The first kappa shape index (κ1) is 14.7. The zero-order chi connectivity index (χ0) is 14.8. The molecule has 2 aromatic rings. The number of aromatic nitrogens is 2. The number of hydrogen-bond acceptors (Lipinski definition) is 4. The van der Waals surface area contributed by atoms with E-state index in [9.17, 15) is 0 Å². The molecule has 2 atom stereocenters. The van der Waals surface area contributed by atoms with E-state index < -0.39 is 0 Å². The number of hydrogen-bond donors (Lipinski definition) is 1. The van der Waals surface area contributed by atoms with Crippen molar-refractivity contribution in [2.24, 2.45) is 5.73 Å². The lowest BCUT2D eigenvalue weighted by Gasteiger charge is -2.16. The van der Waals surface area contributed by atoms with Gasteiger partial charge in [-0.1, -0.05) is 40.3 Å². The van der Waals surface area contributed by atoms with E-state index in [1.165, 1.54) is 19.3 Å². The Kier molecular flexibility index (Phi) is 4.40. The van der Waals surface area contributed by atoms with Crippen molar-refractivity contribution in [2.75, 3.05) is 0 Å². The lowest BCUT2D eigenvalue weighted by Crippen LogP contribution is -2.27. The molecule has 0 amide bonds. The Morgan fingerprint density at radius 2 is 2.05 bits per heavy atom. The minimum atomic E-state index is 0.131. The molecule has 2 unspecified atom stereocenters. The SMILES string of the molecule is Cc1cc(Br)ccc1-c1noc(C2CCCCCC2N)n1. The van der Waals surface area contributed by atoms with Crippen molar-refractivity contribution >= 4 is 15.9 Å². The standard InChI is InChI=1S/C16H20BrN3O/c1-10-9-11(17)7-8-12(10)15-19-16(21-20-15)13-5-3-2-4-6-14(13)18/h7-9,13-14H,2-6,18H2,1H3. The van der Waals surface area contributed by atoms with Gasteiger partial charge < -0.3 is 10.3 Å². The van der Waals surface area contributed by atoms with E-state index in [1.807, 2.05) is 19.1 Å². The van der Waals surface area contributed by atoms with Crippen LogP contribution in [0.25, 0.3) is 11.4 Å². The first-order valence-corrected chi connectivity index (χ1v) is 8.30. The van der Waals surface area contributed by atoms with Gasteiger partial charge in [-0.3, -0.25) is 0 Å². The van der Waals surface area contributed by atoms with Crippen molar-refractivity contribution in [1.82, 2.24) is 10.1 Å². The van der Waals surface area contributed by atoms with E-state index in [1.54, 1.807) is 0 Å². The summed E-state index contributed by atoms with van der Waals surface area (Å²) in [4.78, 5) is 4.61. The van der Waals surface area contributed by atoms with E-state index in [0.717, 1.165) is 28.4 Å². The van der Waals surface area contributed by atoms with Crippen LogP contribution in [0.5, 0.6) is 0 Å². The summed E-state index contributed by atoms with van der Waals surface area (Å²) in [6.45, 7) is 2.05. The Morgan fingerprint density at radius 1 is 1.24 bits per heavy atom. The lowest BCUT2D eigenvalue weighted by molar-refractivity contribution is 0.326. The molecule has 0 aliphatic heterocycles. The number of halogens is 1. The molecule has 1 heterocycles. The lowest BCUT2D eigenvalue weighted by atomic mass is 9.95. The third-order valence-corrected chi connectivity index (χ3v) is 4.75. The molecule has 0 spiro atoms. The average molecular weight is 350 g/mol. The Hall–Kier alpha value is -1.20. The number of nitrogens with zero attached hydrogens (tertiary/aromatic N) is 2. The fourth-order valence-corrected chi connectivity index (χ4v) is 3.49. The van der Waals surface area contributed by atoms with E-state index in [-0.39, 0.29) is 12.0 Å². The van der Waals surface area contributed by atoms with Gasteiger partial charge in [0.15, 0.2) is 0 Å². The van der Waals surface area contributed by atoms with Gasteiger partial charge >= 0.3 is 0 Å². The fraction of sp³-hybridized carbons (Fsp3) is 0.500. The summed E-state index contributed by atoms with van der Waals surface area (Å²) in [5.74, 6) is 1.55. The van der Waals surface area contributed by atoms with E-state index in [4.69, 9.17) is 10.3 Å². The summed E-state index contributed by atoms with van der Waals surface area (Å²) in [6.07, 6.45) is 5.72. The van der Waals surface area contributed by atoms with Crippen LogP contribution in [0.15, 0.2) is 27.2 Å². The van der Waals surface area contributed by atoms with Gasteiger partial charge in [-0.25, -0.2) is 0 Å².